The van der Waals surface area contributed by atoms with E-state index < -0.39 is 17.4 Å². The number of ketones is 1. The number of rotatable bonds is 6. The van der Waals surface area contributed by atoms with Crippen molar-refractivity contribution in [2.45, 2.75) is 38.2 Å². The lowest BCUT2D eigenvalue weighted by atomic mass is 10.0. The number of hydrogen-bond donors (Lipinski definition) is 2. The van der Waals surface area contributed by atoms with E-state index in [-0.39, 0.29) is 36.3 Å². The van der Waals surface area contributed by atoms with Crippen molar-refractivity contribution >= 4 is 11.7 Å². The van der Waals surface area contributed by atoms with E-state index in [4.69, 9.17) is 0 Å². The summed E-state index contributed by atoms with van der Waals surface area (Å²) in [5.41, 5.74) is -0.208. The molecule has 0 bridgehead atoms. The van der Waals surface area contributed by atoms with E-state index in [1.807, 2.05) is 0 Å². The number of nitrogens with one attached hydrogen (secondary N) is 1. The Bertz CT molecular complexity index is 562. The van der Waals surface area contributed by atoms with Crippen LogP contribution in [0.4, 0.5) is 8.78 Å². The van der Waals surface area contributed by atoms with Gasteiger partial charge in [-0.15, -0.1) is 0 Å². The fraction of sp³-hybridized carbons (Fsp3) is 0.500. The van der Waals surface area contributed by atoms with Crippen LogP contribution >= 0.6 is 0 Å². The highest BCUT2D eigenvalue weighted by atomic mass is 19.1. The third kappa shape index (κ3) is 4.34. The van der Waals surface area contributed by atoms with Crippen LogP contribution in [0.3, 0.4) is 0 Å². The average molecular weight is 311 g/mol. The van der Waals surface area contributed by atoms with E-state index in [1.54, 1.807) is 0 Å². The summed E-state index contributed by atoms with van der Waals surface area (Å²) in [6.07, 6.45) is 2.00. The lowest BCUT2D eigenvalue weighted by Crippen LogP contribution is -2.32. The number of hydrogen-bond acceptors (Lipinski definition) is 3. The Labute approximate surface area is 127 Å². The summed E-state index contributed by atoms with van der Waals surface area (Å²) in [7, 11) is 0. The van der Waals surface area contributed by atoms with Crippen LogP contribution in [-0.2, 0) is 4.79 Å². The number of Topliss-reactive ketones (excluding diaryl/α,β-unsaturated/α-hetero) is 1. The lowest BCUT2D eigenvalue weighted by Gasteiger charge is -2.14. The normalized spacial score (nSPS) is 20.9. The molecule has 0 spiro atoms. The molecule has 2 N–H and O–H groups in total. The van der Waals surface area contributed by atoms with Crippen molar-refractivity contribution in [2.24, 2.45) is 5.92 Å². The van der Waals surface area contributed by atoms with Gasteiger partial charge >= 0.3 is 0 Å². The fourth-order valence-corrected chi connectivity index (χ4v) is 2.67. The van der Waals surface area contributed by atoms with Crippen LogP contribution in [0.1, 0.15) is 42.5 Å². The maximum absolute atomic E-state index is 13.4. The number of carbonyl (C=O) groups excluding carboxylic acids is 2. The number of amides is 1. The highest BCUT2D eigenvalue weighted by molar-refractivity contribution is 5.98. The molecule has 1 amide bonds. The Kier molecular flexibility index (Phi) is 5.60. The van der Waals surface area contributed by atoms with E-state index >= 15 is 0 Å². The van der Waals surface area contributed by atoms with E-state index in [2.05, 4.69) is 5.32 Å². The van der Waals surface area contributed by atoms with Gasteiger partial charge in [-0.05, 0) is 25.0 Å². The number of benzene rings is 1. The smallest absolute Gasteiger partial charge is 0.220 e. The van der Waals surface area contributed by atoms with Crippen molar-refractivity contribution in [3.63, 3.8) is 0 Å². The van der Waals surface area contributed by atoms with Crippen LogP contribution in [0.15, 0.2) is 18.2 Å². The van der Waals surface area contributed by atoms with Crippen LogP contribution < -0.4 is 5.32 Å². The largest absolute Gasteiger partial charge is 0.393 e. The third-order valence-electron chi connectivity index (χ3n) is 3.99. The molecule has 1 aliphatic carbocycles. The van der Waals surface area contributed by atoms with Crippen molar-refractivity contribution in [2.75, 3.05) is 6.54 Å². The van der Waals surface area contributed by atoms with E-state index in [0.717, 1.165) is 31.4 Å². The predicted octanol–water partition coefficient (Wildman–Crippen LogP) is 2.20. The van der Waals surface area contributed by atoms with E-state index in [9.17, 15) is 23.5 Å². The van der Waals surface area contributed by atoms with Crippen LogP contribution in [0, 0.1) is 17.6 Å². The van der Waals surface area contributed by atoms with Gasteiger partial charge in [-0.1, -0.05) is 6.42 Å². The van der Waals surface area contributed by atoms with Gasteiger partial charge in [0.15, 0.2) is 5.78 Å². The summed E-state index contributed by atoms with van der Waals surface area (Å²) in [6.45, 7) is 0.388. The molecule has 0 aromatic heterocycles. The first-order valence-corrected chi connectivity index (χ1v) is 7.40. The first-order chi connectivity index (χ1) is 10.5. The van der Waals surface area contributed by atoms with Gasteiger partial charge in [-0.3, -0.25) is 9.59 Å². The predicted molar refractivity (Wildman–Crippen MR) is 76.3 cm³/mol. The molecule has 1 fully saturated rings. The molecule has 1 aromatic carbocycles. The zero-order chi connectivity index (χ0) is 16.1. The molecule has 2 unspecified atom stereocenters. The third-order valence-corrected chi connectivity index (χ3v) is 3.99. The lowest BCUT2D eigenvalue weighted by molar-refractivity contribution is -0.121. The molecular weight excluding hydrogens is 292 g/mol. The van der Waals surface area contributed by atoms with Crippen LogP contribution in [0.2, 0.25) is 0 Å². The molecule has 0 radical (unpaired) electrons. The zero-order valence-electron chi connectivity index (χ0n) is 12.1. The van der Waals surface area contributed by atoms with Crippen molar-refractivity contribution in [1.29, 1.82) is 0 Å². The van der Waals surface area contributed by atoms with Crippen LogP contribution in [0.5, 0.6) is 0 Å². The van der Waals surface area contributed by atoms with E-state index in [0.29, 0.717) is 12.6 Å². The minimum absolute atomic E-state index is 0.0571. The topological polar surface area (TPSA) is 66.4 Å². The maximum atomic E-state index is 13.4. The first-order valence-electron chi connectivity index (χ1n) is 7.40. The Hall–Kier alpha value is -1.82. The Balaban J connectivity index is 1.77. The standard InChI is InChI=1S/C16H19F2NO3/c17-11-4-5-12(13(18)8-11)15(21)6-7-16(22)19-9-10-2-1-3-14(10)20/h4-5,8,10,14,20H,1-3,6-7,9H2,(H,19,22). The van der Waals surface area contributed by atoms with Crippen molar-refractivity contribution in [3.05, 3.63) is 35.4 Å². The number of carbonyl (C=O) groups is 2. The molecule has 1 aromatic rings. The second-order valence-electron chi connectivity index (χ2n) is 5.61. The molecule has 6 heteroatoms. The van der Waals surface area contributed by atoms with E-state index in [1.165, 1.54) is 0 Å². The maximum Gasteiger partial charge on any atom is 0.220 e. The molecule has 1 aliphatic rings. The Morgan fingerprint density at radius 1 is 1.23 bits per heavy atom. The van der Waals surface area contributed by atoms with Gasteiger partial charge in [-0.2, -0.15) is 0 Å². The Morgan fingerprint density at radius 3 is 2.64 bits per heavy atom. The summed E-state index contributed by atoms with van der Waals surface area (Å²) in [5, 5.41) is 12.3. The van der Waals surface area contributed by atoms with Gasteiger partial charge in [0, 0.05) is 31.4 Å². The Morgan fingerprint density at radius 2 is 2.00 bits per heavy atom. The molecule has 1 saturated carbocycles. The number of aliphatic hydroxyl groups is 1. The van der Waals surface area contributed by atoms with Crippen molar-refractivity contribution < 1.29 is 23.5 Å². The molecular formula is C16H19F2NO3. The summed E-state index contributed by atoms with van der Waals surface area (Å²) in [6, 6.07) is 2.74. The second kappa shape index (κ2) is 7.45. The summed E-state index contributed by atoms with van der Waals surface area (Å²) >= 11 is 0. The average Bonchev–Trinajstić information content (AvgIpc) is 2.88. The molecule has 0 saturated heterocycles. The van der Waals surface area contributed by atoms with Gasteiger partial charge in [0.25, 0.3) is 0 Å². The van der Waals surface area contributed by atoms with Crippen LogP contribution in [-0.4, -0.2) is 29.4 Å². The number of halogens is 2. The van der Waals surface area contributed by atoms with Gasteiger partial charge in [0.05, 0.1) is 11.7 Å². The quantitative estimate of drug-likeness (QED) is 0.792. The SMILES string of the molecule is O=C(CCC(=O)c1ccc(F)cc1F)NCC1CCCC1O. The molecule has 4 nitrogen and oxygen atoms in total. The fourth-order valence-electron chi connectivity index (χ4n) is 2.67. The summed E-state index contributed by atoms with van der Waals surface area (Å²) in [5.74, 6) is -2.45. The van der Waals surface area contributed by atoms with Crippen LogP contribution in [0.25, 0.3) is 0 Å². The number of aliphatic hydroxyl groups excluding tert-OH is 1. The van der Waals surface area contributed by atoms with Crippen molar-refractivity contribution in [3.8, 4) is 0 Å². The van der Waals surface area contributed by atoms with Gasteiger partial charge in [-0.25, -0.2) is 8.78 Å². The minimum Gasteiger partial charge on any atom is -0.393 e. The molecule has 2 atom stereocenters. The second-order valence-corrected chi connectivity index (χ2v) is 5.61. The molecule has 22 heavy (non-hydrogen) atoms. The summed E-state index contributed by atoms with van der Waals surface area (Å²) < 4.78 is 26.2. The molecule has 2 rings (SSSR count). The molecule has 120 valence electrons. The van der Waals surface area contributed by atoms with Crippen molar-refractivity contribution in [1.82, 2.24) is 5.32 Å². The summed E-state index contributed by atoms with van der Waals surface area (Å²) in [4.78, 5) is 23.5. The van der Waals surface area contributed by atoms with Gasteiger partial charge in [0.2, 0.25) is 5.91 Å². The monoisotopic (exact) mass is 311 g/mol. The first kappa shape index (κ1) is 16.5. The minimum atomic E-state index is -0.917. The zero-order valence-corrected chi connectivity index (χ0v) is 12.1. The molecule has 0 heterocycles. The van der Waals surface area contributed by atoms with Gasteiger partial charge in [0.1, 0.15) is 11.6 Å². The van der Waals surface area contributed by atoms with Gasteiger partial charge < -0.3 is 10.4 Å². The highest BCUT2D eigenvalue weighted by Gasteiger charge is 2.25. The molecule has 0 aliphatic heterocycles. The highest BCUT2D eigenvalue weighted by Crippen LogP contribution is 2.24.